The maximum atomic E-state index is 10.4. The lowest BCUT2D eigenvalue weighted by atomic mass is 10.1. The molecule has 3 N–H and O–H groups in total. The summed E-state index contributed by atoms with van der Waals surface area (Å²) < 4.78 is 0. The van der Waals surface area contributed by atoms with E-state index in [-0.39, 0.29) is 6.61 Å². The molecular formula is C11H20O4. The van der Waals surface area contributed by atoms with Gasteiger partial charge in [-0.25, -0.2) is 4.79 Å². The molecule has 0 saturated heterocycles. The van der Waals surface area contributed by atoms with Crippen LogP contribution in [0.25, 0.3) is 0 Å². The average Bonchev–Trinajstić information content (AvgIpc) is 2.22. The fourth-order valence-electron chi connectivity index (χ4n) is 1.20. The molecule has 0 aromatic heterocycles. The summed E-state index contributed by atoms with van der Waals surface area (Å²) in [6.07, 6.45) is 5.20. The lowest BCUT2D eigenvalue weighted by Crippen LogP contribution is -2.10. The number of carbonyl (C=O) groups is 1. The van der Waals surface area contributed by atoms with Crippen LogP contribution in [0.2, 0.25) is 0 Å². The second-order valence-corrected chi connectivity index (χ2v) is 3.67. The molecule has 0 amide bonds. The maximum absolute atomic E-state index is 10.4. The number of carboxylic acids is 1. The zero-order chi connectivity index (χ0) is 11.7. The van der Waals surface area contributed by atoms with Gasteiger partial charge in [-0.3, -0.25) is 0 Å². The maximum Gasteiger partial charge on any atom is 0.330 e. The Kier molecular flexibility index (Phi) is 7.95. The minimum Gasteiger partial charge on any atom is -0.478 e. The quantitative estimate of drug-likeness (QED) is 0.422. The molecule has 15 heavy (non-hydrogen) atoms. The molecule has 0 aromatic rings. The molecule has 0 aliphatic carbocycles. The topological polar surface area (TPSA) is 77.8 Å². The second-order valence-electron chi connectivity index (χ2n) is 3.67. The number of aliphatic carboxylic acids is 1. The summed E-state index contributed by atoms with van der Waals surface area (Å²) in [5.41, 5.74) is 0.380. The Hall–Kier alpha value is -0.870. The molecule has 0 radical (unpaired) electrons. The van der Waals surface area contributed by atoms with Crippen LogP contribution in [0.3, 0.4) is 0 Å². The van der Waals surface area contributed by atoms with Gasteiger partial charge in [0.05, 0.1) is 12.7 Å². The van der Waals surface area contributed by atoms with Crippen LogP contribution in [0.4, 0.5) is 0 Å². The molecule has 0 unspecified atom stereocenters. The zero-order valence-electron chi connectivity index (χ0n) is 9.15. The molecule has 0 heterocycles. The number of carboxylic acid groups (broad SMARTS) is 1. The summed E-state index contributed by atoms with van der Waals surface area (Å²) >= 11 is 0. The standard InChI is InChI=1S/C11H20O4/c1-9(11(14)15)6-4-2-3-5-7-10(13)8-12/h6,10,12-13H,2-5,7-8H2,1H3,(H,14,15)/b9-6+/t10-/m1/s1. The fourth-order valence-corrected chi connectivity index (χ4v) is 1.20. The van der Waals surface area contributed by atoms with Crippen LogP contribution >= 0.6 is 0 Å². The summed E-state index contributed by atoms with van der Waals surface area (Å²) in [6, 6.07) is 0. The highest BCUT2D eigenvalue weighted by Crippen LogP contribution is 2.07. The van der Waals surface area contributed by atoms with Crippen molar-refractivity contribution in [2.24, 2.45) is 0 Å². The highest BCUT2D eigenvalue weighted by atomic mass is 16.4. The zero-order valence-corrected chi connectivity index (χ0v) is 9.15. The minimum atomic E-state index is -0.870. The lowest BCUT2D eigenvalue weighted by Gasteiger charge is -2.05. The SMILES string of the molecule is C/C(=C\CCCCC[C@@H](O)CO)C(=O)O. The molecule has 88 valence electrons. The molecule has 0 spiro atoms. The molecule has 1 atom stereocenters. The lowest BCUT2D eigenvalue weighted by molar-refractivity contribution is -0.132. The van der Waals surface area contributed by atoms with Crippen LogP contribution in [0.5, 0.6) is 0 Å². The van der Waals surface area contributed by atoms with Gasteiger partial charge < -0.3 is 15.3 Å². The van der Waals surface area contributed by atoms with E-state index in [9.17, 15) is 4.79 Å². The van der Waals surface area contributed by atoms with Crippen molar-refractivity contribution >= 4 is 5.97 Å². The second kappa shape index (κ2) is 8.44. The molecule has 0 aliphatic rings. The number of aliphatic hydroxyl groups excluding tert-OH is 2. The predicted octanol–water partition coefficient (Wildman–Crippen LogP) is 1.32. The van der Waals surface area contributed by atoms with E-state index in [1.54, 1.807) is 13.0 Å². The Labute approximate surface area is 90.2 Å². The Bertz CT molecular complexity index is 211. The van der Waals surface area contributed by atoms with Crippen molar-refractivity contribution in [1.82, 2.24) is 0 Å². The Morgan fingerprint density at radius 1 is 1.33 bits per heavy atom. The van der Waals surface area contributed by atoms with E-state index in [4.69, 9.17) is 15.3 Å². The van der Waals surface area contributed by atoms with Crippen molar-refractivity contribution in [1.29, 1.82) is 0 Å². The van der Waals surface area contributed by atoms with Crippen molar-refractivity contribution in [2.75, 3.05) is 6.61 Å². The van der Waals surface area contributed by atoms with Crippen LogP contribution in [0, 0.1) is 0 Å². The van der Waals surface area contributed by atoms with Gasteiger partial charge in [0.15, 0.2) is 0 Å². The van der Waals surface area contributed by atoms with Gasteiger partial charge in [0.2, 0.25) is 0 Å². The third-order valence-corrected chi connectivity index (χ3v) is 2.24. The van der Waals surface area contributed by atoms with E-state index in [0.29, 0.717) is 12.0 Å². The van der Waals surface area contributed by atoms with Crippen LogP contribution in [0.1, 0.15) is 39.0 Å². The third kappa shape index (κ3) is 8.15. The van der Waals surface area contributed by atoms with Gasteiger partial charge in [0.25, 0.3) is 0 Å². The summed E-state index contributed by atoms with van der Waals surface area (Å²) in [5.74, 6) is -0.870. The van der Waals surface area contributed by atoms with Crippen molar-refractivity contribution in [3.8, 4) is 0 Å². The van der Waals surface area contributed by atoms with Gasteiger partial charge in [-0.1, -0.05) is 18.9 Å². The first kappa shape index (κ1) is 14.1. The number of hydrogen-bond acceptors (Lipinski definition) is 3. The van der Waals surface area contributed by atoms with Crippen molar-refractivity contribution in [3.05, 3.63) is 11.6 Å². The Morgan fingerprint density at radius 2 is 2.00 bits per heavy atom. The molecule has 4 heteroatoms. The molecule has 0 bridgehead atoms. The van der Waals surface area contributed by atoms with E-state index in [1.807, 2.05) is 0 Å². The number of aliphatic hydroxyl groups is 2. The van der Waals surface area contributed by atoms with Gasteiger partial charge in [-0.2, -0.15) is 0 Å². The first-order chi connectivity index (χ1) is 7.07. The van der Waals surface area contributed by atoms with Crippen LogP contribution < -0.4 is 0 Å². The predicted molar refractivity (Wildman–Crippen MR) is 57.6 cm³/mol. The monoisotopic (exact) mass is 216 g/mol. The number of unbranched alkanes of at least 4 members (excludes halogenated alkanes) is 3. The third-order valence-electron chi connectivity index (χ3n) is 2.24. The summed E-state index contributed by atoms with van der Waals surface area (Å²) in [7, 11) is 0. The molecular weight excluding hydrogens is 196 g/mol. The van der Waals surface area contributed by atoms with Crippen LogP contribution in [-0.4, -0.2) is 34.0 Å². The Balaban J connectivity index is 3.40. The van der Waals surface area contributed by atoms with Crippen LogP contribution in [-0.2, 0) is 4.79 Å². The minimum absolute atomic E-state index is 0.183. The molecule has 0 saturated carbocycles. The molecule has 0 fully saturated rings. The smallest absolute Gasteiger partial charge is 0.330 e. The largest absolute Gasteiger partial charge is 0.478 e. The normalized spacial score (nSPS) is 13.9. The average molecular weight is 216 g/mol. The van der Waals surface area contributed by atoms with Gasteiger partial charge in [0.1, 0.15) is 0 Å². The first-order valence-corrected chi connectivity index (χ1v) is 5.27. The summed E-state index contributed by atoms with van der Waals surface area (Å²) in [6.45, 7) is 1.40. The number of allylic oxidation sites excluding steroid dienone is 1. The van der Waals surface area contributed by atoms with Gasteiger partial charge in [0, 0.05) is 5.57 Å². The highest BCUT2D eigenvalue weighted by Gasteiger charge is 2.01. The fraction of sp³-hybridized carbons (Fsp3) is 0.727. The van der Waals surface area contributed by atoms with Gasteiger partial charge in [-0.05, 0) is 26.2 Å². The summed E-state index contributed by atoms with van der Waals surface area (Å²) in [4.78, 5) is 10.4. The molecule has 0 aromatic carbocycles. The van der Waals surface area contributed by atoms with Crippen molar-refractivity contribution in [3.63, 3.8) is 0 Å². The molecule has 4 nitrogen and oxygen atoms in total. The van der Waals surface area contributed by atoms with E-state index in [0.717, 1.165) is 25.7 Å². The summed E-state index contributed by atoms with van der Waals surface area (Å²) in [5, 5.41) is 26.1. The first-order valence-electron chi connectivity index (χ1n) is 5.27. The van der Waals surface area contributed by atoms with Gasteiger partial charge in [-0.15, -0.1) is 0 Å². The van der Waals surface area contributed by atoms with Crippen LogP contribution in [0.15, 0.2) is 11.6 Å². The van der Waals surface area contributed by atoms with Crippen molar-refractivity contribution in [2.45, 2.75) is 45.1 Å². The number of hydrogen-bond donors (Lipinski definition) is 3. The highest BCUT2D eigenvalue weighted by molar-refractivity contribution is 5.85. The Morgan fingerprint density at radius 3 is 2.53 bits per heavy atom. The van der Waals surface area contributed by atoms with E-state index < -0.39 is 12.1 Å². The van der Waals surface area contributed by atoms with Gasteiger partial charge >= 0.3 is 5.97 Å². The number of rotatable bonds is 8. The van der Waals surface area contributed by atoms with E-state index in [2.05, 4.69) is 0 Å². The van der Waals surface area contributed by atoms with E-state index in [1.165, 1.54) is 0 Å². The molecule has 0 aliphatic heterocycles. The van der Waals surface area contributed by atoms with E-state index >= 15 is 0 Å². The molecule has 0 rings (SSSR count). The van der Waals surface area contributed by atoms with Crippen molar-refractivity contribution < 1.29 is 20.1 Å².